The summed E-state index contributed by atoms with van der Waals surface area (Å²) in [5, 5.41) is 8.54. The summed E-state index contributed by atoms with van der Waals surface area (Å²) in [6.07, 6.45) is 2.14. The summed E-state index contributed by atoms with van der Waals surface area (Å²) >= 11 is 1.40. The van der Waals surface area contributed by atoms with E-state index in [0.29, 0.717) is 41.0 Å². The molecule has 0 atom stereocenters. The van der Waals surface area contributed by atoms with Crippen molar-refractivity contribution in [1.82, 2.24) is 28.9 Å². The van der Waals surface area contributed by atoms with Gasteiger partial charge in [0.25, 0.3) is 10.8 Å². The fraction of sp³-hybridized carbons (Fsp3) is 0.278. The van der Waals surface area contributed by atoms with Gasteiger partial charge in [0.15, 0.2) is 11.2 Å². The minimum atomic E-state index is -0.370. The molecule has 0 aliphatic carbocycles. The van der Waals surface area contributed by atoms with Gasteiger partial charge in [-0.05, 0) is 18.6 Å². The van der Waals surface area contributed by atoms with E-state index in [1.807, 2.05) is 30.3 Å². The maximum atomic E-state index is 12.6. The quantitative estimate of drug-likeness (QED) is 0.360. The second-order valence-electron chi connectivity index (χ2n) is 6.27. The zero-order chi connectivity index (χ0) is 19.7. The van der Waals surface area contributed by atoms with E-state index in [2.05, 4.69) is 15.2 Å². The number of hydrogen-bond acceptors (Lipinski definition) is 7. The molecular formula is C18H18N6O3S. The molecule has 0 saturated heterocycles. The molecule has 10 heteroatoms. The van der Waals surface area contributed by atoms with Crippen LogP contribution >= 0.6 is 11.8 Å². The first-order valence-corrected chi connectivity index (χ1v) is 9.67. The first-order valence-electron chi connectivity index (χ1n) is 8.69. The predicted molar refractivity (Wildman–Crippen MR) is 105 cm³/mol. The Morgan fingerprint density at radius 3 is 2.68 bits per heavy atom. The summed E-state index contributed by atoms with van der Waals surface area (Å²) in [5.74, 6) is 1.10. The number of rotatable bonds is 6. The highest BCUT2D eigenvalue weighted by Crippen LogP contribution is 2.23. The molecule has 1 aromatic carbocycles. The minimum absolute atomic E-state index is 0.305. The summed E-state index contributed by atoms with van der Waals surface area (Å²) in [7, 11) is 3.35. The zero-order valence-electron chi connectivity index (χ0n) is 15.4. The third-order valence-electron chi connectivity index (χ3n) is 4.38. The van der Waals surface area contributed by atoms with E-state index in [9.17, 15) is 9.59 Å². The van der Waals surface area contributed by atoms with Crippen molar-refractivity contribution >= 4 is 22.9 Å². The molecule has 3 heterocycles. The van der Waals surface area contributed by atoms with E-state index in [4.69, 9.17) is 4.42 Å². The Balaban J connectivity index is 1.44. The number of nitrogens with zero attached hydrogens (tertiary/aromatic N) is 6. The first-order chi connectivity index (χ1) is 13.6. The Bertz CT molecular complexity index is 1240. The van der Waals surface area contributed by atoms with E-state index in [0.717, 1.165) is 5.56 Å². The van der Waals surface area contributed by atoms with Gasteiger partial charge in [0, 0.05) is 32.0 Å². The lowest BCUT2D eigenvalue weighted by Gasteiger charge is -2.08. The number of aryl methyl sites for hydroxylation is 2. The maximum Gasteiger partial charge on any atom is 0.332 e. The molecule has 4 aromatic rings. The molecule has 0 saturated carbocycles. The van der Waals surface area contributed by atoms with Crippen LogP contribution in [0.4, 0.5) is 0 Å². The van der Waals surface area contributed by atoms with Crippen molar-refractivity contribution in [2.75, 3.05) is 5.75 Å². The van der Waals surface area contributed by atoms with Crippen molar-refractivity contribution in [2.45, 2.75) is 18.2 Å². The molecular weight excluding hydrogens is 380 g/mol. The van der Waals surface area contributed by atoms with E-state index >= 15 is 0 Å². The van der Waals surface area contributed by atoms with Crippen LogP contribution in [0.15, 0.2) is 55.9 Å². The molecule has 0 amide bonds. The number of imidazole rings is 1. The van der Waals surface area contributed by atoms with Crippen LogP contribution in [0, 0.1) is 0 Å². The molecule has 0 radical (unpaired) electrons. The summed E-state index contributed by atoms with van der Waals surface area (Å²) in [5.41, 5.74) is 0.973. The van der Waals surface area contributed by atoms with E-state index in [-0.39, 0.29) is 11.2 Å². The highest BCUT2D eigenvalue weighted by molar-refractivity contribution is 7.99. The Morgan fingerprint density at radius 1 is 1.11 bits per heavy atom. The number of fused-ring (bicyclic) bond motifs is 1. The standard InChI is InChI=1S/C18H18N6O3S/c1-22-11-19-14-13(22)16(25)24(18(26)23(14)2)9-6-10-28-17-21-20-15(27-17)12-7-4-3-5-8-12/h3-5,7-8,11H,6,9-10H2,1-2H3. The molecule has 3 aromatic heterocycles. The fourth-order valence-electron chi connectivity index (χ4n) is 2.94. The van der Waals surface area contributed by atoms with Crippen LogP contribution in [0.25, 0.3) is 22.6 Å². The predicted octanol–water partition coefficient (Wildman–Crippen LogP) is 1.67. The van der Waals surface area contributed by atoms with Gasteiger partial charge in [-0.15, -0.1) is 10.2 Å². The second kappa shape index (κ2) is 7.47. The third kappa shape index (κ3) is 3.26. The maximum absolute atomic E-state index is 12.6. The number of thioether (sulfide) groups is 1. The van der Waals surface area contributed by atoms with Crippen molar-refractivity contribution in [2.24, 2.45) is 14.1 Å². The fourth-order valence-corrected chi connectivity index (χ4v) is 3.63. The highest BCUT2D eigenvalue weighted by atomic mass is 32.2. The van der Waals surface area contributed by atoms with Crippen LogP contribution < -0.4 is 11.2 Å². The van der Waals surface area contributed by atoms with Crippen LogP contribution in [-0.2, 0) is 20.6 Å². The molecule has 9 nitrogen and oxygen atoms in total. The monoisotopic (exact) mass is 398 g/mol. The average Bonchev–Trinajstić information content (AvgIpc) is 3.33. The SMILES string of the molecule is Cn1cnc2c1c(=O)n(CCCSc1nnc(-c3ccccc3)o1)c(=O)n2C. The van der Waals surface area contributed by atoms with Crippen molar-refractivity contribution in [3.8, 4) is 11.5 Å². The van der Waals surface area contributed by atoms with Crippen LogP contribution in [0.3, 0.4) is 0 Å². The van der Waals surface area contributed by atoms with Crippen molar-refractivity contribution in [3.63, 3.8) is 0 Å². The molecule has 0 N–H and O–H groups in total. The van der Waals surface area contributed by atoms with E-state index in [1.165, 1.54) is 27.2 Å². The summed E-state index contributed by atoms with van der Waals surface area (Å²) < 4.78 is 9.92. The van der Waals surface area contributed by atoms with Gasteiger partial charge in [-0.3, -0.25) is 13.9 Å². The second-order valence-corrected chi connectivity index (χ2v) is 7.31. The number of benzene rings is 1. The van der Waals surface area contributed by atoms with Gasteiger partial charge in [0.1, 0.15) is 0 Å². The largest absolute Gasteiger partial charge is 0.411 e. The molecule has 28 heavy (non-hydrogen) atoms. The van der Waals surface area contributed by atoms with Crippen LogP contribution in [0.5, 0.6) is 0 Å². The average molecular weight is 398 g/mol. The van der Waals surface area contributed by atoms with Gasteiger partial charge >= 0.3 is 5.69 Å². The molecule has 144 valence electrons. The van der Waals surface area contributed by atoms with Crippen molar-refractivity contribution in [3.05, 3.63) is 57.5 Å². The number of hydrogen-bond donors (Lipinski definition) is 0. The minimum Gasteiger partial charge on any atom is -0.411 e. The van der Waals surface area contributed by atoms with Gasteiger partial charge < -0.3 is 8.98 Å². The first kappa shape index (κ1) is 18.2. The Labute approximate surface area is 163 Å². The van der Waals surface area contributed by atoms with Crippen LogP contribution in [-0.4, -0.2) is 34.6 Å². The number of aromatic nitrogens is 6. The Morgan fingerprint density at radius 2 is 1.89 bits per heavy atom. The third-order valence-corrected chi connectivity index (χ3v) is 5.28. The van der Waals surface area contributed by atoms with Gasteiger partial charge in [-0.25, -0.2) is 9.78 Å². The van der Waals surface area contributed by atoms with Gasteiger partial charge in [-0.2, -0.15) is 0 Å². The lowest BCUT2D eigenvalue weighted by molar-refractivity contribution is 0.465. The van der Waals surface area contributed by atoms with Crippen LogP contribution in [0.1, 0.15) is 6.42 Å². The molecule has 0 unspecified atom stereocenters. The van der Waals surface area contributed by atoms with E-state index in [1.54, 1.807) is 18.7 Å². The smallest absolute Gasteiger partial charge is 0.332 e. The summed E-state index contributed by atoms with van der Waals surface area (Å²) in [6.45, 7) is 0.305. The molecule has 0 aliphatic heterocycles. The van der Waals surface area contributed by atoms with Crippen molar-refractivity contribution < 1.29 is 4.42 Å². The lowest BCUT2D eigenvalue weighted by atomic mass is 10.2. The lowest BCUT2D eigenvalue weighted by Crippen LogP contribution is -2.39. The van der Waals surface area contributed by atoms with Crippen LogP contribution in [0.2, 0.25) is 0 Å². The molecule has 0 aliphatic rings. The Kier molecular flexibility index (Phi) is 4.86. The normalized spacial score (nSPS) is 11.4. The molecule has 0 bridgehead atoms. The van der Waals surface area contributed by atoms with Gasteiger partial charge in [-0.1, -0.05) is 30.0 Å². The molecule has 4 rings (SSSR count). The molecule has 0 fully saturated rings. The Hall–Kier alpha value is -3.14. The van der Waals surface area contributed by atoms with Gasteiger partial charge in [0.05, 0.1) is 6.33 Å². The highest BCUT2D eigenvalue weighted by Gasteiger charge is 2.15. The van der Waals surface area contributed by atoms with Crippen molar-refractivity contribution in [1.29, 1.82) is 0 Å². The zero-order valence-corrected chi connectivity index (χ0v) is 16.2. The summed E-state index contributed by atoms with van der Waals surface area (Å²) in [6, 6.07) is 9.54. The van der Waals surface area contributed by atoms with E-state index < -0.39 is 0 Å². The molecule has 0 spiro atoms. The van der Waals surface area contributed by atoms with Gasteiger partial charge in [0.2, 0.25) is 5.89 Å². The summed E-state index contributed by atoms with van der Waals surface area (Å²) in [4.78, 5) is 29.2. The topological polar surface area (TPSA) is 101 Å².